The molecule has 33 heavy (non-hydrogen) atoms. The van der Waals surface area contributed by atoms with Crippen LogP contribution in [0.15, 0.2) is 17.1 Å². The normalized spacial score (nSPS) is 22.5. The zero-order valence-electron chi connectivity index (χ0n) is 20.2. The van der Waals surface area contributed by atoms with E-state index >= 15 is 0 Å². The average molecular weight is 475 g/mol. The van der Waals surface area contributed by atoms with E-state index in [0.717, 1.165) is 38.8 Å². The molecule has 0 aliphatic carbocycles. The molecule has 0 radical (unpaired) electrons. The number of methoxy groups -OCH3 is 3. The van der Waals surface area contributed by atoms with E-state index in [9.17, 15) is 10.1 Å². The topological polar surface area (TPSA) is 87.4 Å². The van der Waals surface area contributed by atoms with Gasteiger partial charge in [-0.15, -0.1) is 0 Å². The molecule has 2 fully saturated rings. The Hall–Kier alpha value is -2.44. The largest absolute Gasteiger partial charge is 0.493 e. The lowest BCUT2D eigenvalue weighted by Crippen LogP contribution is -2.51. The van der Waals surface area contributed by atoms with Gasteiger partial charge in [-0.1, -0.05) is 0 Å². The second-order valence-corrected chi connectivity index (χ2v) is 9.64. The minimum absolute atomic E-state index is 0.0730. The summed E-state index contributed by atoms with van der Waals surface area (Å²) in [5.74, 6) is 1.35. The Morgan fingerprint density at radius 1 is 1.06 bits per heavy atom. The number of nitriles is 1. The van der Waals surface area contributed by atoms with Gasteiger partial charge in [0.15, 0.2) is 11.5 Å². The molecule has 0 saturated carbocycles. The number of likely N-dealkylation sites (tertiary alicyclic amines) is 1. The summed E-state index contributed by atoms with van der Waals surface area (Å²) in [6.45, 7) is 5.89. The molecule has 0 bridgehead atoms. The number of aliphatic imine (C=N–C) groups is 1. The summed E-state index contributed by atoms with van der Waals surface area (Å²) in [6.07, 6.45) is 5.03. The third-order valence-corrected chi connectivity index (χ3v) is 7.50. The van der Waals surface area contributed by atoms with E-state index in [4.69, 9.17) is 14.2 Å². The summed E-state index contributed by atoms with van der Waals surface area (Å²) in [4.78, 5) is 19.9. The molecule has 2 unspecified atom stereocenters. The number of benzene rings is 1. The van der Waals surface area contributed by atoms with Crippen LogP contribution in [0.2, 0.25) is 0 Å². The van der Waals surface area contributed by atoms with Crippen molar-refractivity contribution in [3.63, 3.8) is 0 Å². The van der Waals surface area contributed by atoms with E-state index < -0.39 is 0 Å². The Balaban J connectivity index is 1.65. The fourth-order valence-corrected chi connectivity index (χ4v) is 5.45. The van der Waals surface area contributed by atoms with Gasteiger partial charge in [-0.05, 0) is 46.0 Å². The van der Waals surface area contributed by atoms with Gasteiger partial charge in [-0.25, -0.2) is 9.30 Å². The highest BCUT2D eigenvalue weighted by molar-refractivity contribution is 8.11. The van der Waals surface area contributed by atoms with Crippen molar-refractivity contribution in [3.05, 3.63) is 17.7 Å². The number of carbonyl (C=O) groups is 1. The highest BCUT2D eigenvalue weighted by atomic mass is 32.2. The number of ether oxygens (including phenoxy) is 3. The van der Waals surface area contributed by atoms with Crippen molar-refractivity contribution >= 4 is 28.8 Å². The van der Waals surface area contributed by atoms with Crippen molar-refractivity contribution in [1.82, 2.24) is 9.21 Å². The Kier molecular flexibility index (Phi) is 8.87. The van der Waals surface area contributed by atoms with Crippen LogP contribution in [-0.4, -0.2) is 66.8 Å². The molecular weight excluding hydrogens is 440 g/mol. The summed E-state index contributed by atoms with van der Waals surface area (Å²) in [5.41, 5.74) is 0.828. The van der Waals surface area contributed by atoms with E-state index in [-0.39, 0.29) is 5.92 Å². The lowest BCUT2D eigenvalue weighted by Gasteiger charge is -2.42. The molecule has 180 valence electrons. The van der Waals surface area contributed by atoms with E-state index in [2.05, 4.69) is 34.1 Å². The van der Waals surface area contributed by atoms with Crippen LogP contribution in [0.25, 0.3) is 0 Å². The van der Waals surface area contributed by atoms with Gasteiger partial charge < -0.3 is 19.1 Å². The average Bonchev–Trinajstić information content (AvgIpc) is 2.83. The Labute approximate surface area is 201 Å². The van der Waals surface area contributed by atoms with Gasteiger partial charge in [0.1, 0.15) is 6.07 Å². The van der Waals surface area contributed by atoms with Gasteiger partial charge in [0, 0.05) is 55.2 Å². The third kappa shape index (κ3) is 5.92. The predicted molar refractivity (Wildman–Crippen MR) is 130 cm³/mol. The van der Waals surface area contributed by atoms with Crippen LogP contribution in [0.3, 0.4) is 0 Å². The molecule has 2 aliphatic heterocycles. The van der Waals surface area contributed by atoms with E-state index in [1.54, 1.807) is 26.4 Å². The van der Waals surface area contributed by atoms with Gasteiger partial charge >= 0.3 is 0 Å². The van der Waals surface area contributed by atoms with Gasteiger partial charge in [0.25, 0.3) is 5.23 Å². The number of hydrogen-bond acceptors (Lipinski definition) is 8. The summed E-state index contributed by atoms with van der Waals surface area (Å²) < 4.78 is 18.3. The minimum Gasteiger partial charge on any atom is -0.493 e. The van der Waals surface area contributed by atoms with Gasteiger partial charge in [0.05, 0.1) is 32.6 Å². The van der Waals surface area contributed by atoms with Crippen LogP contribution in [0, 0.1) is 17.2 Å². The van der Waals surface area contributed by atoms with Crippen LogP contribution < -0.4 is 9.47 Å². The molecule has 1 aromatic rings. The quantitative estimate of drug-likeness (QED) is 0.356. The van der Waals surface area contributed by atoms with Crippen molar-refractivity contribution < 1.29 is 19.0 Å². The first-order valence-electron chi connectivity index (χ1n) is 11.5. The number of carbonyl (C=O) groups excluding carboxylic acids is 1. The maximum atomic E-state index is 13.2. The first-order valence-corrected chi connectivity index (χ1v) is 12.2. The number of amides is 1. The molecule has 0 spiro atoms. The van der Waals surface area contributed by atoms with Crippen LogP contribution in [0.4, 0.5) is 5.69 Å². The van der Waals surface area contributed by atoms with Crippen LogP contribution >= 0.6 is 11.9 Å². The van der Waals surface area contributed by atoms with Crippen molar-refractivity contribution in [2.75, 3.05) is 34.4 Å². The van der Waals surface area contributed by atoms with Crippen LogP contribution in [-0.2, 0) is 9.53 Å². The van der Waals surface area contributed by atoms with E-state index in [0.29, 0.717) is 46.0 Å². The number of rotatable bonds is 5. The standard InChI is InChI=1S/C24H34N4O4S/c1-16-7-6-8-17(2)28(16)23(29)18-9-11-27(12-10-18)33-24(32-5)26-20-14-22(31-4)21(30-3)13-19(20)15-25/h13-14,16-18H,6-12H2,1-5H3. The zero-order valence-corrected chi connectivity index (χ0v) is 21.0. The lowest BCUT2D eigenvalue weighted by atomic mass is 9.91. The highest BCUT2D eigenvalue weighted by Crippen LogP contribution is 2.36. The number of nitrogens with zero attached hydrogens (tertiary/aromatic N) is 4. The third-order valence-electron chi connectivity index (χ3n) is 6.47. The summed E-state index contributed by atoms with van der Waals surface area (Å²) in [5, 5.41) is 9.96. The molecule has 2 saturated heterocycles. The molecule has 9 heteroatoms. The molecule has 2 heterocycles. The van der Waals surface area contributed by atoms with Crippen LogP contribution in [0.5, 0.6) is 11.5 Å². The number of hydrogen-bond donors (Lipinski definition) is 0. The molecule has 0 aromatic heterocycles. The van der Waals surface area contributed by atoms with Crippen molar-refractivity contribution in [2.45, 2.75) is 58.0 Å². The van der Waals surface area contributed by atoms with Crippen molar-refractivity contribution in [1.29, 1.82) is 5.26 Å². The first-order chi connectivity index (χ1) is 15.9. The highest BCUT2D eigenvalue weighted by Gasteiger charge is 2.35. The van der Waals surface area contributed by atoms with Crippen LogP contribution in [0.1, 0.15) is 51.5 Å². The Morgan fingerprint density at radius 3 is 2.21 bits per heavy atom. The smallest absolute Gasteiger partial charge is 0.266 e. The summed E-state index contributed by atoms with van der Waals surface area (Å²) in [6, 6.07) is 6.08. The molecule has 1 aromatic carbocycles. The zero-order chi connectivity index (χ0) is 24.0. The number of piperidine rings is 2. The maximum absolute atomic E-state index is 13.2. The van der Waals surface area contributed by atoms with Crippen molar-refractivity contribution in [3.8, 4) is 17.6 Å². The molecule has 3 rings (SSSR count). The lowest BCUT2D eigenvalue weighted by molar-refractivity contribution is -0.143. The van der Waals surface area contributed by atoms with Gasteiger partial charge in [-0.3, -0.25) is 4.79 Å². The summed E-state index contributed by atoms with van der Waals surface area (Å²) >= 11 is 1.41. The fourth-order valence-electron chi connectivity index (χ4n) is 4.62. The van der Waals surface area contributed by atoms with Gasteiger partial charge in [-0.2, -0.15) is 5.26 Å². The minimum atomic E-state index is 0.0730. The first kappa shape index (κ1) is 25.2. The fraction of sp³-hybridized carbons (Fsp3) is 0.625. The SMILES string of the molecule is COC(=Nc1cc(OC)c(OC)cc1C#N)SN1CCC(C(=O)N2C(C)CCCC2C)CC1. The second-order valence-electron chi connectivity index (χ2n) is 8.59. The van der Waals surface area contributed by atoms with Crippen molar-refractivity contribution in [2.24, 2.45) is 10.9 Å². The molecule has 0 N–H and O–H groups in total. The molecular formula is C24H34N4O4S. The predicted octanol–water partition coefficient (Wildman–Crippen LogP) is 4.36. The molecule has 2 atom stereocenters. The van der Waals surface area contributed by atoms with E-state index in [1.165, 1.54) is 25.5 Å². The monoisotopic (exact) mass is 474 g/mol. The Morgan fingerprint density at radius 2 is 1.67 bits per heavy atom. The molecule has 1 amide bonds. The molecule has 2 aliphatic rings. The molecule has 8 nitrogen and oxygen atoms in total. The maximum Gasteiger partial charge on any atom is 0.266 e. The Bertz CT molecular complexity index is 898. The summed E-state index contributed by atoms with van der Waals surface area (Å²) in [7, 11) is 4.63. The van der Waals surface area contributed by atoms with Gasteiger partial charge in [0.2, 0.25) is 5.91 Å². The second kappa shape index (κ2) is 11.6. The van der Waals surface area contributed by atoms with E-state index in [1.807, 2.05) is 0 Å².